The van der Waals surface area contributed by atoms with Crippen LogP contribution in [0.1, 0.15) is 0 Å². The van der Waals surface area contributed by atoms with Crippen molar-refractivity contribution in [2.45, 2.75) is 4.21 Å². The summed E-state index contributed by atoms with van der Waals surface area (Å²) >= 11 is -0.722. The molecule has 2 N–H and O–H groups in total. The molecule has 0 spiro atoms. The Labute approximate surface area is 80.9 Å². The van der Waals surface area contributed by atoms with Gasteiger partial charge >= 0.3 is 0 Å². The fraction of sp³-hybridized carbons (Fsp3) is 0. The largest absolute Gasteiger partial charge is 0.508 e. The van der Waals surface area contributed by atoms with Gasteiger partial charge in [-0.3, -0.25) is 0 Å². The summed E-state index contributed by atoms with van der Waals surface area (Å²) < 4.78 is 20.7. The van der Waals surface area contributed by atoms with Crippen molar-refractivity contribution in [3.05, 3.63) is 24.3 Å². The molecule has 2 rings (SSSR count). The molecule has 0 aliphatic heterocycles. The Hall–Kier alpha value is -0.910. The second kappa shape index (κ2) is 3.10. The third-order valence-electron chi connectivity index (χ3n) is 1.65. The minimum atomic E-state index is -1.93. The number of fused-ring (bicyclic) bond motifs is 1. The van der Waals surface area contributed by atoms with E-state index >= 15 is 0 Å². The van der Waals surface area contributed by atoms with Gasteiger partial charge in [0.15, 0.2) is 11.1 Å². The minimum Gasteiger partial charge on any atom is -0.508 e. The fourth-order valence-corrected chi connectivity index (χ4v) is 2.69. The van der Waals surface area contributed by atoms with Crippen LogP contribution in [0.5, 0.6) is 5.75 Å². The van der Waals surface area contributed by atoms with E-state index in [1.54, 1.807) is 24.3 Å². The zero-order valence-electron chi connectivity index (χ0n) is 6.43. The summed E-state index contributed by atoms with van der Waals surface area (Å²) in [5.74, 6) is 0.171. The zero-order chi connectivity index (χ0) is 9.42. The molecule has 0 bridgehead atoms. The van der Waals surface area contributed by atoms with E-state index in [4.69, 9.17) is 9.66 Å². The summed E-state index contributed by atoms with van der Waals surface area (Å²) in [6.45, 7) is 0. The normalized spacial score (nSPS) is 13.3. The van der Waals surface area contributed by atoms with Crippen LogP contribution in [0.3, 0.4) is 0 Å². The number of thiophene rings is 1. The van der Waals surface area contributed by atoms with E-state index in [2.05, 4.69) is 0 Å². The first-order valence-electron chi connectivity index (χ1n) is 3.50. The topological polar surface area (TPSA) is 57.5 Å². The summed E-state index contributed by atoms with van der Waals surface area (Å²) in [5.41, 5.74) is 0. The van der Waals surface area contributed by atoms with Gasteiger partial charge in [-0.1, -0.05) is 0 Å². The number of benzene rings is 1. The molecule has 5 heteroatoms. The first kappa shape index (κ1) is 8.68. The van der Waals surface area contributed by atoms with Gasteiger partial charge in [0.2, 0.25) is 0 Å². The third kappa shape index (κ3) is 1.58. The highest BCUT2D eigenvalue weighted by atomic mass is 32.2. The van der Waals surface area contributed by atoms with Crippen LogP contribution in [0.15, 0.2) is 28.5 Å². The Morgan fingerprint density at radius 2 is 2.08 bits per heavy atom. The maximum atomic E-state index is 10.7. The fourth-order valence-electron chi connectivity index (χ4n) is 1.08. The van der Waals surface area contributed by atoms with Crippen LogP contribution in [0.25, 0.3) is 10.1 Å². The van der Waals surface area contributed by atoms with Gasteiger partial charge in [-0.25, -0.2) is 4.21 Å². The molecule has 13 heavy (non-hydrogen) atoms. The number of rotatable bonds is 1. The second-order valence-electron chi connectivity index (χ2n) is 2.54. The van der Waals surface area contributed by atoms with Crippen molar-refractivity contribution >= 4 is 32.5 Å². The molecule has 68 valence electrons. The van der Waals surface area contributed by atoms with Crippen molar-refractivity contribution in [3.8, 4) is 5.75 Å². The zero-order valence-corrected chi connectivity index (χ0v) is 8.06. The molecule has 3 nitrogen and oxygen atoms in total. The predicted octanol–water partition coefficient (Wildman–Crippen LogP) is 2.19. The van der Waals surface area contributed by atoms with E-state index < -0.39 is 11.1 Å². The SMILES string of the molecule is O=S(O)c1cc2ccc(O)cc2s1. The van der Waals surface area contributed by atoms with Gasteiger partial charge in [-0.2, -0.15) is 0 Å². The van der Waals surface area contributed by atoms with E-state index in [0.29, 0.717) is 4.21 Å². The van der Waals surface area contributed by atoms with Crippen molar-refractivity contribution in [1.82, 2.24) is 0 Å². The van der Waals surface area contributed by atoms with E-state index in [1.165, 1.54) is 11.3 Å². The number of aromatic hydroxyl groups is 1. The van der Waals surface area contributed by atoms with Crippen LogP contribution in [-0.2, 0) is 11.1 Å². The molecular weight excluding hydrogens is 208 g/mol. The van der Waals surface area contributed by atoms with Gasteiger partial charge in [0.05, 0.1) is 0 Å². The lowest BCUT2D eigenvalue weighted by molar-refractivity contribution is 0.476. The Kier molecular flexibility index (Phi) is 2.07. The molecular formula is C8H6O3S2. The van der Waals surface area contributed by atoms with Crippen molar-refractivity contribution in [3.63, 3.8) is 0 Å². The molecule has 1 atom stereocenters. The lowest BCUT2D eigenvalue weighted by Crippen LogP contribution is -1.79. The molecule has 0 aliphatic rings. The van der Waals surface area contributed by atoms with Gasteiger partial charge in [0.1, 0.15) is 9.96 Å². The van der Waals surface area contributed by atoms with E-state index in [-0.39, 0.29) is 5.75 Å². The number of phenolic OH excluding ortho intramolecular Hbond substituents is 1. The lowest BCUT2D eigenvalue weighted by atomic mass is 10.2. The summed E-state index contributed by atoms with van der Waals surface area (Å²) in [6.07, 6.45) is 0. The van der Waals surface area contributed by atoms with Crippen LogP contribution in [0.2, 0.25) is 0 Å². The number of phenols is 1. The highest BCUT2D eigenvalue weighted by molar-refractivity contribution is 7.82. The molecule has 1 aromatic heterocycles. The molecule has 0 amide bonds. The average molecular weight is 214 g/mol. The Morgan fingerprint density at radius 3 is 2.77 bits per heavy atom. The maximum absolute atomic E-state index is 10.7. The van der Waals surface area contributed by atoms with Crippen molar-refractivity contribution < 1.29 is 13.9 Å². The van der Waals surface area contributed by atoms with Crippen LogP contribution in [0.4, 0.5) is 0 Å². The Bertz CT molecular complexity index is 475. The lowest BCUT2D eigenvalue weighted by Gasteiger charge is -1.89. The predicted molar refractivity (Wildman–Crippen MR) is 52.5 cm³/mol. The molecule has 0 fully saturated rings. The molecule has 0 saturated heterocycles. The van der Waals surface area contributed by atoms with E-state index in [0.717, 1.165) is 10.1 Å². The van der Waals surface area contributed by atoms with Crippen LogP contribution in [0, 0.1) is 0 Å². The second-order valence-corrected chi connectivity index (χ2v) is 4.82. The van der Waals surface area contributed by atoms with Crippen LogP contribution in [-0.4, -0.2) is 13.9 Å². The first-order chi connectivity index (χ1) is 6.16. The minimum absolute atomic E-state index is 0.171. The quantitative estimate of drug-likeness (QED) is 0.715. The van der Waals surface area contributed by atoms with Gasteiger partial charge in [0.25, 0.3) is 0 Å². The van der Waals surface area contributed by atoms with Crippen LogP contribution >= 0.6 is 11.3 Å². The van der Waals surface area contributed by atoms with Gasteiger partial charge in [-0.05, 0) is 29.7 Å². The molecule has 0 saturated carbocycles. The summed E-state index contributed by atoms with van der Waals surface area (Å²) in [7, 11) is 0. The van der Waals surface area contributed by atoms with Gasteiger partial charge < -0.3 is 9.66 Å². The smallest absolute Gasteiger partial charge is 0.196 e. The molecule has 2 aromatic rings. The molecule has 0 aliphatic carbocycles. The average Bonchev–Trinajstić information content (AvgIpc) is 2.46. The highest BCUT2D eigenvalue weighted by Gasteiger charge is 2.06. The molecule has 1 aromatic carbocycles. The monoisotopic (exact) mass is 214 g/mol. The molecule has 0 radical (unpaired) electrons. The maximum Gasteiger partial charge on any atom is 0.196 e. The summed E-state index contributed by atoms with van der Waals surface area (Å²) in [6, 6.07) is 6.50. The number of hydrogen-bond donors (Lipinski definition) is 2. The Balaban J connectivity index is 2.68. The van der Waals surface area contributed by atoms with Gasteiger partial charge in [-0.15, -0.1) is 11.3 Å². The highest BCUT2D eigenvalue weighted by Crippen LogP contribution is 2.29. The standard InChI is InChI=1S/C8H6O3S2/c9-6-2-1-5-3-8(13(10)11)12-7(5)4-6/h1-4,9H,(H,10,11). The van der Waals surface area contributed by atoms with E-state index in [9.17, 15) is 4.21 Å². The molecule has 1 unspecified atom stereocenters. The molecule has 1 heterocycles. The van der Waals surface area contributed by atoms with Crippen LogP contribution < -0.4 is 0 Å². The van der Waals surface area contributed by atoms with Crippen molar-refractivity contribution in [2.75, 3.05) is 0 Å². The Morgan fingerprint density at radius 1 is 1.31 bits per heavy atom. The summed E-state index contributed by atoms with van der Waals surface area (Å²) in [4.78, 5) is 0. The van der Waals surface area contributed by atoms with Crippen molar-refractivity contribution in [1.29, 1.82) is 0 Å². The number of hydrogen-bond acceptors (Lipinski definition) is 3. The van der Waals surface area contributed by atoms with Crippen molar-refractivity contribution in [2.24, 2.45) is 0 Å². The van der Waals surface area contributed by atoms with Gasteiger partial charge in [0, 0.05) is 4.70 Å². The third-order valence-corrected chi connectivity index (χ3v) is 3.69. The van der Waals surface area contributed by atoms with E-state index in [1.807, 2.05) is 0 Å². The summed E-state index contributed by atoms with van der Waals surface area (Å²) in [5, 5.41) is 10.0. The first-order valence-corrected chi connectivity index (χ1v) is 5.42.